The number of ether oxygens (including phenoxy) is 1. The molecular formula is C22H15F3N4O2. The molecular weight excluding hydrogens is 409 g/mol. The number of anilines is 1. The number of fused-ring (bicyclic) bond motifs is 2. The van der Waals surface area contributed by atoms with E-state index in [2.05, 4.69) is 15.3 Å². The molecule has 31 heavy (non-hydrogen) atoms. The fraction of sp³-hybridized carbons (Fsp3) is 0.136. The molecule has 0 spiro atoms. The Hall–Kier alpha value is -3.88. The number of nitrogens with zero attached hydrogens (tertiary/aromatic N) is 3. The number of benzene rings is 2. The van der Waals surface area contributed by atoms with Crippen LogP contribution in [0.25, 0.3) is 16.9 Å². The van der Waals surface area contributed by atoms with Gasteiger partial charge in [-0.3, -0.25) is 9.20 Å². The molecule has 4 aromatic rings. The van der Waals surface area contributed by atoms with Crippen LogP contribution in [0.2, 0.25) is 0 Å². The molecule has 1 atom stereocenters. The highest BCUT2D eigenvalue weighted by molar-refractivity contribution is 5.98. The maximum atomic E-state index is 13.0. The summed E-state index contributed by atoms with van der Waals surface area (Å²) < 4.78 is 46.0. The third-order valence-electron chi connectivity index (χ3n) is 5.08. The van der Waals surface area contributed by atoms with Gasteiger partial charge in [-0.25, -0.2) is 9.97 Å². The number of imidazole rings is 1. The summed E-state index contributed by atoms with van der Waals surface area (Å²) in [6.45, 7) is 0.297. The molecule has 0 saturated carbocycles. The van der Waals surface area contributed by atoms with E-state index in [4.69, 9.17) is 4.74 Å². The number of rotatable bonds is 3. The molecule has 5 rings (SSSR count). The number of ketones is 1. The summed E-state index contributed by atoms with van der Waals surface area (Å²) >= 11 is 0. The molecule has 3 heterocycles. The molecule has 6 nitrogen and oxygen atoms in total. The van der Waals surface area contributed by atoms with Crippen molar-refractivity contribution < 1.29 is 22.7 Å². The summed E-state index contributed by atoms with van der Waals surface area (Å²) in [5, 5.41) is 3.17. The predicted molar refractivity (Wildman–Crippen MR) is 107 cm³/mol. The fourth-order valence-electron chi connectivity index (χ4n) is 3.48. The van der Waals surface area contributed by atoms with Gasteiger partial charge < -0.3 is 10.1 Å². The first-order chi connectivity index (χ1) is 14.9. The van der Waals surface area contributed by atoms with E-state index in [9.17, 15) is 18.0 Å². The number of carbonyl (C=O) groups excluding carboxylic acids is 1. The highest BCUT2D eigenvalue weighted by Gasteiger charge is 2.30. The van der Waals surface area contributed by atoms with Gasteiger partial charge in [-0.15, -0.1) is 0 Å². The first kappa shape index (κ1) is 19.1. The van der Waals surface area contributed by atoms with Crippen molar-refractivity contribution >= 4 is 17.1 Å². The van der Waals surface area contributed by atoms with Gasteiger partial charge in [-0.2, -0.15) is 13.2 Å². The highest BCUT2D eigenvalue weighted by Crippen LogP contribution is 2.32. The van der Waals surface area contributed by atoms with Gasteiger partial charge in [-0.05, 0) is 24.3 Å². The van der Waals surface area contributed by atoms with Crippen LogP contribution in [0.3, 0.4) is 0 Å². The Bertz CT molecular complexity index is 1280. The smallest absolute Gasteiger partial charge is 0.416 e. The van der Waals surface area contributed by atoms with Crippen molar-refractivity contribution in [2.45, 2.75) is 12.3 Å². The Morgan fingerprint density at radius 1 is 1.06 bits per heavy atom. The summed E-state index contributed by atoms with van der Waals surface area (Å²) in [6, 6.07) is 12.1. The van der Waals surface area contributed by atoms with E-state index in [-0.39, 0.29) is 11.5 Å². The summed E-state index contributed by atoms with van der Waals surface area (Å²) in [4.78, 5) is 21.4. The summed E-state index contributed by atoms with van der Waals surface area (Å²) in [6.07, 6.45) is -0.651. The van der Waals surface area contributed by atoms with Crippen LogP contribution in [0.15, 0.2) is 67.1 Å². The number of alkyl halides is 3. The number of aromatic nitrogens is 3. The van der Waals surface area contributed by atoms with Crippen LogP contribution in [0.1, 0.15) is 16.1 Å². The zero-order valence-corrected chi connectivity index (χ0v) is 15.9. The quantitative estimate of drug-likeness (QED) is 0.492. The van der Waals surface area contributed by atoms with Crippen LogP contribution in [-0.4, -0.2) is 32.8 Å². The first-order valence-electron chi connectivity index (χ1n) is 9.45. The Balaban J connectivity index is 1.46. The zero-order chi connectivity index (χ0) is 21.6. The Kier molecular flexibility index (Phi) is 4.39. The second kappa shape index (κ2) is 7.12. The molecule has 2 aromatic carbocycles. The molecule has 2 aromatic heterocycles. The number of para-hydroxylation sites is 2. The maximum absolute atomic E-state index is 13.0. The minimum Gasteiger partial charge on any atom is -0.478 e. The lowest BCUT2D eigenvalue weighted by Crippen LogP contribution is -2.38. The minimum atomic E-state index is -4.41. The largest absolute Gasteiger partial charge is 0.478 e. The van der Waals surface area contributed by atoms with Gasteiger partial charge in [0, 0.05) is 11.8 Å². The number of carbonyl (C=O) groups is 1. The molecule has 1 aliphatic rings. The van der Waals surface area contributed by atoms with E-state index in [0.29, 0.717) is 29.2 Å². The van der Waals surface area contributed by atoms with Crippen molar-refractivity contribution in [3.63, 3.8) is 0 Å². The number of halogens is 3. The summed E-state index contributed by atoms with van der Waals surface area (Å²) in [5.74, 6) is 0.275. The molecule has 0 fully saturated rings. The lowest BCUT2D eigenvalue weighted by Gasteiger charge is -2.26. The number of hydrogen-bond acceptors (Lipinski definition) is 5. The third kappa shape index (κ3) is 3.48. The lowest BCUT2D eigenvalue weighted by molar-refractivity contribution is -0.137. The SMILES string of the molecule is O=C(c1cn2c(-c3ccc(C(F)(F)F)cc3)cnc2cn1)C1CNc2ccccc2O1. The van der Waals surface area contributed by atoms with Crippen LogP contribution in [0.4, 0.5) is 18.9 Å². The molecule has 0 radical (unpaired) electrons. The molecule has 1 unspecified atom stereocenters. The third-order valence-corrected chi connectivity index (χ3v) is 5.08. The van der Waals surface area contributed by atoms with Gasteiger partial charge in [-0.1, -0.05) is 24.3 Å². The summed E-state index contributed by atoms with van der Waals surface area (Å²) in [5.41, 5.74) is 1.81. The maximum Gasteiger partial charge on any atom is 0.416 e. The van der Waals surface area contributed by atoms with E-state index in [0.717, 1.165) is 17.8 Å². The van der Waals surface area contributed by atoms with E-state index in [1.807, 2.05) is 18.2 Å². The molecule has 0 bridgehead atoms. The molecule has 0 saturated heterocycles. The Labute approximate surface area is 174 Å². The van der Waals surface area contributed by atoms with E-state index < -0.39 is 17.8 Å². The van der Waals surface area contributed by atoms with E-state index in [1.165, 1.54) is 30.7 Å². The monoisotopic (exact) mass is 424 g/mol. The number of nitrogens with one attached hydrogen (secondary N) is 1. The lowest BCUT2D eigenvalue weighted by atomic mass is 10.1. The molecule has 156 valence electrons. The second-order valence-corrected chi connectivity index (χ2v) is 7.07. The minimum absolute atomic E-state index is 0.171. The van der Waals surface area contributed by atoms with Crippen LogP contribution in [-0.2, 0) is 6.18 Å². The van der Waals surface area contributed by atoms with Crippen molar-refractivity contribution in [2.75, 3.05) is 11.9 Å². The topological polar surface area (TPSA) is 68.5 Å². The Morgan fingerprint density at radius 2 is 1.84 bits per heavy atom. The van der Waals surface area contributed by atoms with Crippen LogP contribution < -0.4 is 10.1 Å². The van der Waals surface area contributed by atoms with Crippen LogP contribution >= 0.6 is 0 Å². The highest BCUT2D eigenvalue weighted by atomic mass is 19.4. The van der Waals surface area contributed by atoms with Crippen LogP contribution in [0.5, 0.6) is 5.75 Å². The van der Waals surface area contributed by atoms with Gasteiger partial charge in [0.1, 0.15) is 11.4 Å². The molecule has 1 N–H and O–H groups in total. The molecule has 0 amide bonds. The molecule has 9 heteroatoms. The van der Waals surface area contributed by atoms with Gasteiger partial charge in [0.2, 0.25) is 5.78 Å². The first-order valence-corrected chi connectivity index (χ1v) is 9.45. The zero-order valence-electron chi connectivity index (χ0n) is 15.9. The van der Waals surface area contributed by atoms with Crippen LogP contribution in [0, 0.1) is 0 Å². The molecule has 0 aliphatic carbocycles. The standard InChI is InChI=1S/C22H15F3N4O2/c23-22(24,25)14-7-5-13(6-8-14)17-9-28-20-11-27-16(12-29(17)20)21(30)19-10-26-15-3-1-2-4-18(15)31-19/h1-9,11-12,19,26H,10H2. The van der Waals surface area contributed by atoms with Gasteiger partial charge in [0.25, 0.3) is 0 Å². The van der Waals surface area contributed by atoms with Gasteiger partial charge >= 0.3 is 6.18 Å². The average Bonchev–Trinajstić information content (AvgIpc) is 3.21. The van der Waals surface area contributed by atoms with Crippen molar-refractivity contribution in [2.24, 2.45) is 0 Å². The van der Waals surface area contributed by atoms with Crippen molar-refractivity contribution in [1.82, 2.24) is 14.4 Å². The number of Topliss-reactive ketones (excluding diaryl/α,β-unsaturated/α-hetero) is 1. The summed E-state index contributed by atoms with van der Waals surface area (Å²) in [7, 11) is 0. The predicted octanol–water partition coefficient (Wildman–Crippen LogP) is 4.47. The molecule has 1 aliphatic heterocycles. The normalized spacial score (nSPS) is 15.8. The average molecular weight is 424 g/mol. The van der Waals surface area contributed by atoms with E-state index in [1.54, 1.807) is 10.5 Å². The number of hydrogen-bond donors (Lipinski definition) is 1. The van der Waals surface area contributed by atoms with Crippen molar-refractivity contribution in [1.29, 1.82) is 0 Å². The van der Waals surface area contributed by atoms with Gasteiger partial charge in [0.15, 0.2) is 11.8 Å². The van der Waals surface area contributed by atoms with Crippen molar-refractivity contribution in [3.05, 3.63) is 78.4 Å². The van der Waals surface area contributed by atoms with E-state index >= 15 is 0 Å². The van der Waals surface area contributed by atoms with Gasteiger partial charge in [0.05, 0.1) is 35.9 Å². The second-order valence-electron chi connectivity index (χ2n) is 7.07. The Morgan fingerprint density at radius 3 is 2.61 bits per heavy atom. The van der Waals surface area contributed by atoms with Crippen molar-refractivity contribution in [3.8, 4) is 17.0 Å². The fourth-order valence-corrected chi connectivity index (χ4v) is 3.48.